The van der Waals surface area contributed by atoms with Crippen molar-refractivity contribution in [1.82, 2.24) is 9.97 Å². The molecule has 4 aromatic rings. The van der Waals surface area contributed by atoms with Crippen LogP contribution in [0, 0.1) is 0 Å². The van der Waals surface area contributed by atoms with Gasteiger partial charge in [-0.2, -0.15) is 13.2 Å². The molecule has 1 heterocycles. The number of sulfonamides is 1. The maximum Gasteiger partial charge on any atom is 0.416 e. The number of rotatable bonds is 6. The molecule has 0 amide bonds. The predicted octanol–water partition coefficient (Wildman–Crippen LogP) is 5.20. The zero-order valence-electron chi connectivity index (χ0n) is 16.8. The van der Waals surface area contributed by atoms with Crippen molar-refractivity contribution >= 4 is 26.7 Å². The van der Waals surface area contributed by atoms with E-state index in [-0.39, 0.29) is 6.61 Å². The van der Waals surface area contributed by atoms with Crippen molar-refractivity contribution in [2.75, 3.05) is 11.0 Å². The lowest BCUT2D eigenvalue weighted by molar-refractivity contribution is -0.137. The number of nitrogens with zero attached hydrogens (tertiary/aromatic N) is 1. The number of halogens is 3. The Balaban J connectivity index is 1.50. The van der Waals surface area contributed by atoms with E-state index in [0.717, 1.165) is 35.0 Å². The minimum atomic E-state index is -4.39. The fourth-order valence-corrected chi connectivity index (χ4v) is 3.73. The number of hydrogen-bond acceptors (Lipinski definition) is 4. The van der Waals surface area contributed by atoms with Crippen molar-refractivity contribution in [2.24, 2.45) is 0 Å². The highest BCUT2D eigenvalue weighted by Gasteiger charge is 2.30. The summed E-state index contributed by atoms with van der Waals surface area (Å²) in [4.78, 5) is 7.60. The van der Waals surface area contributed by atoms with Crippen LogP contribution in [0.25, 0.3) is 22.2 Å². The van der Waals surface area contributed by atoms with Gasteiger partial charge in [-0.15, -0.1) is 0 Å². The molecule has 4 rings (SSSR count). The number of alkyl halides is 3. The molecule has 0 saturated heterocycles. The Morgan fingerprint density at radius 3 is 2.41 bits per heavy atom. The average Bonchev–Trinajstić information content (AvgIpc) is 3.13. The van der Waals surface area contributed by atoms with Gasteiger partial charge in [-0.05, 0) is 59.7 Å². The van der Waals surface area contributed by atoms with Gasteiger partial charge in [0.2, 0.25) is 10.0 Å². The number of H-pyrrole nitrogens is 1. The van der Waals surface area contributed by atoms with E-state index < -0.39 is 21.8 Å². The molecule has 10 heteroatoms. The SMILES string of the molecule is CS(=O)(=O)Nc1cccc(-c2ccc3[nH]c(COc4ccc(C(F)(F)F)cc4)nc3c2)c1. The number of hydrogen-bond donors (Lipinski definition) is 2. The van der Waals surface area contributed by atoms with Crippen molar-refractivity contribution in [3.8, 4) is 16.9 Å². The number of aromatic nitrogens is 2. The number of anilines is 1. The topological polar surface area (TPSA) is 84.1 Å². The van der Waals surface area contributed by atoms with Crippen LogP contribution in [-0.4, -0.2) is 24.6 Å². The molecule has 0 radical (unpaired) electrons. The van der Waals surface area contributed by atoms with E-state index in [2.05, 4.69) is 14.7 Å². The van der Waals surface area contributed by atoms with Gasteiger partial charge in [0.15, 0.2) is 0 Å². The summed E-state index contributed by atoms with van der Waals surface area (Å²) >= 11 is 0. The molecule has 0 aliphatic heterocycles. The Morgan fingerprint density at radius 1 is 1.00 bits per heavy atom. The fourth-order valence-electron chi connectivity index (χ4n) is 3.17. The molecule has 1 aromatic heterocycles. The smallest absolute Gasteiger partial charge is 0.416 e. The van der Waals surface area contributed by atoms with Gasteiger partial charge in [0, 0.05) is 5.69 Å². The third kappa shape index (κ3) is 5.20. The second kappa shape index (κ2) is 8.19. The predicted molar refractivity (Wildman–Crippen MR) is 116 cm³/mol. The van der Waals surface area contributed by atoms with Crippen LogP contribution in [0.4, 0.5) is 18.9 Å². The Labute approximate surface area is 182 Å². The number of fused-ring (bicyclic) bond motifs is 1. The highest BCUT2D eigenvalue weighted by Crippen LogP contribution is 2.30. The van der Waals surface area contributed by atoms with Crippen LogP contribution >= 0.6 is 0 Å². The van der Waals surface area contributed by atoms with E-state index in [1.165, 1.54) is 12.1 Å². The molecule has 0 spiro atoms. The zero-order valence-corrected chi connectivity index (χ0v) is 17.6. The van der Waals surface area contributed by atoms with Gasteiger partial charge in [-0.3, -0.25) is 4.72 Å². The number of ether oxygens (including phenoxy) is 1. The van der Waals surface area contributed by atoms with Crippen LogP contribution in [-0.2, 0) is 22.8 Å². The molecular weight excluding hydrogens is 443 g/mol. The molecule has 166 valence electrons. The Morgan fingerprint density at radius 2 is 1.72 bits per heavy atom. The number of benzene rings is 3. The molecule has 0 aliphatic carbocycles. The molecule has 0 unspecified atom stereocenters. The normalized spacial score (nSPS) is 12.1. The minimum Gasteiger partial charge on any atom is -0.486 e. The monoisotopic (exact) mass is 461 g/mol. The standard InChI is InChI=1S/C22H18F3N3O3S/c1-32(29,30)28-17-4-2-3-14(11-17)15-5-10-19-20(12-15)27-21(26-19)13-31-18-8-6-16(7-9-18)22(23,24)25/h2-12,28H,13H2,1H3,(H,26,27). The first kappa shape index (κ1) is 21.7. The molecular formula is C22H18F3N3O3S. The summed E-state index contributed by atoms with van der Waals surface area (Å²) in [7, 11) is -3.38. The lowest BCUT2D eigenvalue weighted by Crippen LogP contribution is -2.09. The molecule has 0 fully saturated rings. The first-order valence-electron chi connectivity index (χ1n) is 9.44. The summed E-state index contributed by atoms with van der Waals surface area (Å²) in [5.41, 5.74) is 2.82. The first-order valence-corrected chi connectivity index (χ1v) is 11.3. The average molecular weight is 461 g/mol. The molecule has 32 heavy (non-hydrogen) atoms. The van der Waals surface area contributed by atoms with E-state index >= 15 is 0 Å². The van der Waals surface area contributed by atoms with Crippen LogP contribution in [0.3, 0.4) is 0 Å². The van der Waals surface area contributed by atoms with Crippen molar-refractivity contribution in [2.45, 2.75) is 12.8 Å². The molecule has 0 atom stereocenters. The quantitative estimate of drug-likeness (QED) is 0.413. The molecule has 0 aliphatic rings. The maximum atomic E-state index is 12.7. The molecule has 3 aromatic carbocycles. The van der Waals surface area contributed by atoms with Gasteiger partial charge in [-0.25, -0.2) is 13.4 Å². The zero-order chi connectivity index (χ0) is 22.9. The van der Waals surface area contributed by atoms with Crippen molar-refractivity contribution < 1.29 is 26.3 Å². The van der Waals surface area contributed by atoms with Crippen molar-refractivity contribution in [3.63, 3.8) is 0 Å². The van der Waals surface area contributed by atoms with Crippen molar-refractivity contribution in [3.05, 3.63) is 78.1 Å². The third-order valence-corrected chi connectivity index (χ3v) is 5.19. The fraction of sp³-hybridized carbons (Fsp3) is 0.136. The highest BCUT2D eigenvalue weighted by atomic mass is 32.2. The molecule has 0 bridgehead atoms. The Hall–Kier alpha value is -3.53. The molecule has 6 nitrogen and oxygen atoms in total. The summed E-state index contributed by atoms with van der Waals surface area (Å²) in [6.45, 7) is 0.0587. The number of nitrogens with one attached hydrogen (secondary N) is 2. The summed E-state index contributed by atoms with van der Waals surface area (Å²) in [5, 5.41) is 0. The van der Waals surface area contributed by atoms with Gasteiger partial charge in [0.25, 0.3) is 0 Å². The van der Waals surface area contributed by atoms with Gasteiger partial charge in [0.05, 0.1) is 22.9 Å². The van der Waals surface area contributed by atoms with E-state index in [4.69, 9.17) is 4.74 Å². The summed E-state index contributed by atoms with van der Waals surface area (Å²) in [5.74, 6) is 0.818. The van der Waals surface area contributed by atoms with Crippen LogP contribution in [0.5, 0.6) is 5.75 Å². The second-order valence-electron chi connectivity index (χ2n) is 7.18. The van der Waals surface area contributed by atoms with E-state index in [9.17, 15) is 21.6 Å². The van der Waals surface area contributed by atoms with E-state index in [0.29, 0.717) is 22.8 Å². The Bertz CT molecular complexity index is 1360. The molecule has 2 N–H and O–H groups in total. The van der Waals surface area contributed by atoms with E-state index in [1.54, 1.807) is 18.2 Å². The molecule has 0 saturated carbocycles. The van der Waals surface area contributed by atoms with Crippen LogP contribution in [0.1, 0.15) is 11.4 Å². The highest BCUT2D eigenvalue weighted by molar-refractivity contribution is 7.92. The maximum absolute atomic E-state index is 12.7. The lowest BCUT2D eigenvalue weighted by atomic mass is 10.0. The largest absolute Gasteiger partial charge is 0.486 e. The summed E-state index contributed by atoms with van der Waals surface area (Å²) < 4.78 is 68.9. The summed E-state index contributed by atoms with van der Waals surface area (Å²) in [6.07, 6.45) is -3.31. The van der Waals surface area contributed by atoms with Crippen LogP contribution in [0.15, 0.2) is 66.7 Å². The van der Waals surface area contributed by atoms with Gasteiger partial charge >= 0.3 is 6.18 Å². The van der Waals surface area contributed by atoms with E-state index in [1.807, 2.05) is 24.3 Å². The third-order valence-electron chi connectivity index (χ3n) is 4.59. The van der Waals surface area contributed by atoms with Gasteiger partial charge in [0.1, 0.15) is 18.2 Å². The van der Waals surface area contributed by atoms with Gasteiger partial charge in [-0.1, -0.05) is 18.2 Å². The second-order valence-corrected chi connectivity index (χ2v) is 8.93. The lowest BCUT2D eigenvalue weighted by Gasteiger charge is -2.08. The number of aromatic amines is 1. The van der Waals surface area contributed by atoms with Crippen LogP contribution < -0.4 is 9.46 Å². The first-order chi connectivity index (χ1) is 15.1. The van der Waals surface area contributed by atoms with Gasteiger partial charge < -0.3 is 9.72 Å². The Kier molecular flexibility index (Phi) is 5.55. The van der Waals surface area contributed by atoms with Crippen molar-refractivity contribution in [1.29, 1.82) is 0 Å². The minimum absolute atomic E-state index is 0.0587. The summed E-state index contributed by atoms with van der Waals surface area (Å²) in [6, 6.07) is 17.0. The van der Waals surface area contributed by atoms with Crippen LogP contribution in [0.2, 0.25) is 0 Å². The number of imidazole rings is 1.